The van der Waals surface area contributed by atoms with Crippen LogP contribution in [0.4, 0.5) is 0 Å². The van der Waals surface area contributed by atoms with E-state index in [1.54, 1.807) is 47.2 Å². The van der Waals surface area contributed by atoms with Crippen molar-refractivity contribution < 1.29 is 23.3 Å². The van der Waals surface area contributed by atoms with Crippen LogP contribution in [0.15, 0.2) is 48.5 Å². The van der Waals surface area contributed by atoms with Crippen molar-refractivity contribution in [2.45, 2.75) is 31.8 Å². The molecule has 1 unspecified atom stereocenters. The summed E-state index contributed by atoms with van der Waals surface area (Å²) >= 11 is 0. The Labute approximate surface area is 247 Å². The number of amides is 3. The number of methoxy groups -OCH3 is 1. The second-order valence-electron chi connectivity index (χ2n) is 10.6. The summed E-state index contributed by atoms with van der Waals surface area (Å²) < 4.78 is 20.7. The third-order valence-electron chi connectivity index (χ3n) is 7.66. The molecule has 1 saturated heterocycles. The molecule has 0 radical (unpaired) electrons. The van der Waals surface area contributed by atoms with E-state index in [4.69, 9.17) is 4.74 Å². The molecule has 11 nitrogen and oxygen atoms in total. The zero-order chi connectivity index (χ0) is 29.8. The molecule has 0 spiro atoms. The van der Waals surface area contributed by atoms with E-state index < -0.39 is 11.0 Å². The molecule has 1 atom stereocenters. The molecule has 1 saturated carbocycles. The molecule has 0 bridgehead atoms. The van der Waals surface area contributed by atoms with Gasteiger partial charge in [0.1, 0.15) is 11.4 Å². The fourth-order valence-corrected chi connectivity index (χ4v) is 5.74. The molecule has 2 N–H and O–H groups in total. The highest BCUT2D eigenvalue weighted by atomic mass is 32.2. The van der Waals surface area contributed by atoms with Gasteiger partial charge in [0.2, 0.25) is 0 Å². The van der Waals surface area contributed by atoms with Crippen molar-refractivity contribution in [1.29, 1.82) is 0 Å². The van der Waals surface area contributed by atoms with Crippen LogP contribution in [0.25, 0.3) is 0 Å². The number of carbonyl (C=O) groups excluding carboxylic acids is 3. The molecule has 42 heavy (non-hydrogen) atoms. The first-order valence-electron chi connectivity index (χ1n) is 14.0. The Hall–Kier alpha value is -4.03. The summed E-state index contributed by atoms with van der Waals surface area (Å²) in [7, 11) is 2.23. The molecule has 12 heteroatoms. The number of hydrogen-bond donors (Lipinski definition) is 2. The van der Waals surface area contributed by atoms with Gasteiger partial charge in [-0.2, -0.15) is 5.10 Å². The maximum absolute atomic E-state index is 13.1. The zero-order valence-electron chi connectivity index (χ0n) is 24.1. The molecule has 1 aromatic heterocycles. The van der Waals surface area contributed by atoms with Gasteiger partial charge in [-0.3, -0.25) is 19.1 Å². The number of aromatic nitrogens is 2. The van der Waals surface area contributed by atoms with Crippen LogP contribution in [0.2, 0.25) is 0 Å². The van der Waals surface area contributed by atoms with E-state index in [0.717, 1.165) is 24.1 Å². The highest BCUT2D eigenvalue weighted by Gasteiger charge is 2.28. The lowest BCUT2D eigenvalue weighted by Crippen LogP contribution is -2.48. The number of carbonyl (C=O) groups is 3. The van der Waals surface area contributed by atoms with Gasteiger partial charge in [-0.05, 0) is 42.7 Å². The van der Waals surface area contributed by atoms with Crippen LogP contribution in [-0.2, 0) is 31.1 Å². The van der Waals surface area contributed by atoms with E-state index >= 15 is 0 Å². The maximum Gasteiger partial charge on any atom is 0.269 e. The van der Waals surface area contributed by atoms with Crippen LogP contribution in [0.5, 0.6) is 5.75 Å². The van der Waals surface area contributed by atoms with Crippen LogP contribution in [-0.4, -0.2) is 80.5 Å². The van der Waals surface area contributed by atoms with E-state index in [1.807, 2.05) is 28.6 Å². The lowest BCUT2D eigenvalue weighted by Gasteiger charge is -2.33. The first-order chi connectivity index (χ1) is 20.2. The number of para-hydroxylation sites is 1. The lowest BCUT2D eigenvalue weighted by atomic mass is 10.1. The Morgan fingerprint density at radius 3 is 2.31 bits per heavy atom. The Morgan fingerprint density at radius 1 is 0.976 bits per heavy atom. The van der Waals surface area contributed by atoms with Crippen molar-refractivity contribution in [3.63, 3.8) is 0 Å². The average Bonchev–Trinajstić information content (AvgIpc) is 3.79. The van der Waals surface area contributed by atoms with Gasteiger partial charge in [-0.1, -0.05) is 24.3 Å². The minimum absolute atomic E-state index is 0.0625. The minimum Gasteiger partial charge on any atom is -0.496 e. The van der Waals surface area contributed by atoms with Gasteiger partial charge in [0, 0.05) is 69.6 Å². The van der Waals surface area contributed by atoms with Crippen molar-refractivity contribution in [3.05, 3.63) is 82.2 Å². The second kappa shape index (κ2) is 12.9. The summed E-state index contributed by atoms with van der Waals surface area (Å²) in [4.78, 5) is 40.6. The summed E-state index contributed by atoms with van der Waals surface area (Å²) in [6, 6.07) is 14.2. The number of hydrogen-bond acceptors (Lipinski definition) is 6. The van der Waals surface area contributed by atoms with Gasteiger partial charge >= 0.3 is 0 Å². The van der Waals surface area contributed by atoms with E-state index in [1.165, 1.54) is 7.11 Å². The second-order valence-corrected chi connectivity index (χ2v) is 11.9. The van der Waals surface area contributed by atoms with Crippen LogP contribution in [0, 0.1) is 0 Å². The first kappa shape index (κ1) is 29.5. The number of aryl methyl sites for hydroxylation is 1. The van der Waals surface area contributed by atoms with E-state index in [2.05, 4.69) is 15.7 Å². The molecule has 1 aliphatic carbocycles. The third kappa shape index (κ3) is 6.71. The Balaban J connectivity index is 1.16. The molecule has 1 aliphatic heterocycles. The summed E-state index contributed by atoms with van der Waals surface area (Å²) in [5, 5.41) is 10.3. The Kier molecular flexibility index (Phi) is 9.03. The minimum atomic E-state index is -1.03. The molecule has 2 aromatic carbocycles. The van der Waals surface area contributed by atoms with Crippen molar-refractivity contribution >= 4 is 28.7 Å². The highest BCUT2D eigenvalue weighted by Crippen LogP contribution is 2.39. The van der Waals surface area contributed by atoms with Crippen LogP contribution in [0.3, 0.4) is 0 Å². The SMILES string of the molecule is COc1c(CNC(=O)c2cc(C3CC3)nn2C)cccc1C(=O)NCc1ccc(C(=O)N2CCN(S(C)=O)CC2)cc1. The van der Waals surface area contributed by atoms with Crippen LogP contribution >= 0.6 is 0 Å². The largest absolute Gasteiger partial charge is 0.496 e. The molecular formula is C30H36N6O5S. The molecule has 3 amide bonds. The van der Waals surface area contributed by atoms with E-state index in [-0.39, 0.29) is 30.8 Å². The summed E-state index contributed by atoms with van der Waals surface area (Å²) in [5.41, 5.74) is 3.90. The molecule has 2 fully saturated rings. The number of nitrogens with zero attached hydrogens (tertiary/aromatic N) is 4. The van der Waals surface area contributed by atoms with Gasteiger partial charge in [0.05, 0.1) is 29.4 Å². The van der Waals surface area contributed by atoms with Gasteiger partial charge in [0.25, 0.3) is 17.7 Å². The van der Waals surface area contributed by atoms with Gasteiger partial charge in [0.15, 0.2) is 0 Å². The normalized spacial score (nSPS) is 16.1. The number of ether oxygens (including phenoxy) is 1. The lowest BCUT2D eigenvalue weighted by molar-refractivity contribution is 0.0700. The van der Waals surface area contributed by atoms with Crippen molar-refractivity contribution in [2.24, 2.45) is 7.05 Å². The molecule has 2 aliphatic rings. The summed E-state index contributed by atoms with van der Waals surface area (Å²) in [5.74, 6) is 0.233. The summed E-state index contributed by atoms with van der Waals surface area (Å²) in [6.45, 7) is 2.69. The third-order valence-corrected chi connectivity index (χ3v) is 8.75. The predicted molar refractivity (Wildman–Crippen MR) is 159 cm³/mol. The highest BCUT2D eigenvalue weighted by molar-refractivity contribution is 7.81. The van der Waals surface area contributed by atoms with Crippen molar-refractivity contribution in [2.75, 3.05) is 39.5 Å². The van der Waals surface area contributed by atoms with Gasteiger partial charge in [-0.15, -0.1) is 0 Å². The number of benzene rings is 2. The van der Waals surface area contributed by atoms with Gasteiger partial charge in [-0.25, -0.2) is 8.51 Å². The molecule has 3 aromatic rings. The van der Waals surface area contributed by atoms with E-state index in [9.17, 15) is 18.6 Å². The summed E-state index contributed by atoms with van der Waals surface area (Å²) in [6.07, 6.45) is 3.87. The van der Waals surface area contributed by atoms with Gasteiger partial charge < -0.3 is 20.3 Å². The number of nitrogens with one attached hydrogen (secondary N) is 2. The fraction of sp³-hybridized carbons (Fsp3) is 0.400. The molecule has 222 valence electrons. The Bertz CT molecular complexity index is 1490. The standard InChI is InChI=1S/C30H36N6O5S/c1-34-26(17-25(33-34)21-11-12-21)29(38)32-19-23-5-4-6-24(27(23)41-2)28(37)31-18-20-7-9-22(10-8-20)30(39)35-13-15-36(16-14-35)42(3)40/h4-10,17,21H,11-16,18-19H2,1-3H3,(H,31,37)(H,32,38). The zero-order valence-corrected chi connectivity index (χ0v) is 24.9. The number of rotatable bonds is 10. The number of piperazine rings is 1. The topological polar surface area (TPSA) is 126 Å². The molecular weight excluding hydrogens is 556 g/mol. The molecule has 5 rings (SSSR count). The van der Waals surface area contributed by atoms with Crippen molar-refractivity contribution in [1.82, 2.24) is 29.6 Å². The monoisotopic (exact) mass is 592 g/mol. The first-order valence-corrected chi connectivity index (χ1v) is 15.5. The van der Waals surface area contributed by atoms with Crippen LogP contribution in [0.1, 0.15) is 66.8 Å². The van der Waals surface area contributed by atoms with Crippen LogP contribution < -0.4 is 15.4 Å². The van der Waals surface area contributed by atoms with Crippen molar-refractivity contribution in [3.8, 4) is 5.75 Å². The van der Waals surface area contributed by atoms with E-state index in [0.29, 0.717) is 60.2 Å². The molecule has 2 heterocycles. The smallest absolute Gasteiger partial charge is 0.269 e. The Morgan fingerprint density at radius 2 is 1.67 bits per heavy atom. The average molecular weight is 593 g/mol. The fourth-order valence-electron chi connectivity index (χ4n) is 5.06. The quantitative estimate of drug-likeness (QED) is 0.372. The predicted octanol–water partition coefficient (Wildman–Crippen LogP) is 2.22. The maximum atomic E-state index is 13.1.